The number of rotatable bonds is 6. The van der Waals surface area contributed by atoms with Gasteiger partial charge in [0.05, 0.1) is 18.5 Å². The Morgan fingerprint density at radius 2 is 1.67 bits per heavy atom. The first-order valence-electron chi connectivity index (χ1n) is 7.16. The van der Waals surface area contributed by atoms with Crippen LogP contribution in [0.25, 0.3) is 0 Å². The van der Waals surface area contributed by atoms with E-state index in [2.05, 4.69) is 5.32 Å². The zero-order valence-corrected chi connectivity index (χ0v) is 13.3. The van der Waals surface area contributed by atoms with E-state index in [0.29, 0.717) is 10.8 Å². The van der Waals surface area contributed by atoms with E-state index < -0.39 is 11.7 Å². The number of ether oxygens (including phenoxy) is 1. The summed E-state index contributed by atoms with van der Waals surface area (Å²) < 4.78 is 42.6. The molecule has 7 heteroatoms. The van der Waals surface area contributed by atoms with Crippen molar-refractivity contribution in [3.05, 3.63) is 64.7 Å². The molecule has 24 heavy (non-hydrogen) atoms. The number of hydrogen-bond donors (Lipinski definition) is 1. The third-order valence-electron chi connectivity index (χ3n) is 3.15. The van der Waals surface area contributed by atoms with E-state index in [-0.39, 0.29) is 25.5 Å². The van der Waals surface area contributed by atoms with Crippen molar-refractivity contribution in [3.8, 4) is 5.75 Å². The third kappa shape index (κ3) is 5.77. The molecule has 2 aromatic carbocycles. The predicted octanol–water partition coefficient (Wildman–Crippen LogP) is 4.10. The van der Waals surface area contributed by atoms with Gasteiger partial charge < -0.3 is 10.1 Å². The molecule has 0 radical (unpaired) electrons. The molecule has 128 valence electrons. The van der Waals surface area contributed by atoms with Crippen molar-refractivity contribution < 1.29 is 22.7 Å². The van der Waals surface area contributed by atoms with E-state index in [9.17, 15) is 18.0 Å². The Kier molecular flexibility index (Phi) is 6.09. The van der Waals surface area contributed by atoms with Crippen LogP contribution < -0.4 is 10.1 Å². The summed E-state index contributed by atoms with van der Waals surface area (Å²) in [6.07, 6.45) is -4.15. The molecule has 0 atom stereocenters. The number of benzene rings is 2. The number of hydrogen-bond acceptors (Lipinski definition) is 2. The average molecular weight is 358 g/mol. The van der Waals surface area contributed by atoms with Gasteiger partial charge in [-0.2, -0.15) is 13.2 Å². The Morgan fingerprint density at radius 3 is 2.25 bits per heavy atom. The maximum atomic E-state index is 12.4. The molecule has 1 N–H and O–H groups in total. The van der Waals surface area contributed by atoms with Crippen molar-refractivity contribution in [1.29, 1.82) is 0 Å². The van der Waals surface area contributed by atoms with Crippen LogP contribution in [0.2, 0.25) is 5.02 Å². The van der Waals surface area contributed by atoms with Gasteiger partial charge in [0, 0.05) is 5.02 Å². The SMILES string of the molecule is O=C(Cc1ccc(Cl)cc1)NCCOc1ccc(C(F)(F)F)cc1. The predicted molar refractivity (Wildman–Crippen MR) is 85.1 cm³/mol. The molecule has 2 rings (SSSR count). The molecule has 0 aliphatic heterocycles. The maximum absolute atomic E-state index is 12.4. The second-order valence-corrected chi connectivity index (χ2v) is 5.46. The summed E-state index contributed by atoms with van der Waals surface area (Å²) in [5.41, 5.74) is 0.103. The lowest BCUT2D eigenvalue weighted by Gasteiger charge is -2.10. The molecule has 1 amide bonds. The molecule has 0 aliphatic carbocycles. The second-order valence-electron chi connectivity index (χ2n) is 5.02. The number of nitrogens with one attached hydrogen (secondary N) is 1. The highest BCUT2D eigenvalue weighted by atomic mass is 35.5. The van der Waals surface area contributed by atoms with Gasteiger partial charge in [-0.1, -0.05) is 23.7 Å². The largest absolute Gasteiger partial charge is 0.492 e. The number of carbonyl (C=O) groups excluding carboxylic acids is 1. The van der Waals surface area contributed by atoms with E-state index in [1.54, 1.807) is 24.3 Å². The third-order valence-corrected chi connectivity index (χ3v) is 3.40. The van der Waals surface area contributed by atoms with Crippen LogP contribution in [0.3, 0.4) is 0 Å². The zero-order chi connectivity index (χ0) is 17.6. The van der Waals surface area contributed by atoms with Crippen molar-refractivity contribution in [2.45, 2.75) is 12.6 Å². The summed E-state index contributed by atoms with van der Waals surface area (Å²) in [5.74, 6) is 0.142. The molecular formula is C17H15ClF3NO2. The number of carbonyl (C=O) groups is 1. The van der Waals surface area contributed by atoms with Gasteiger partial charge in [-0.25, -0.2) is 0 Å². The summed E-state index contributed by atoms with van der Waals surface area (Å²) in [6, 6.07) is 11.3. The molecule has 0 aromatic heterocycles. The van der Waals surface area contributed by atoms with Crippen molar-refractivity contribution in [3.63, 3.8) is 0 Å². The standard InChI is InChI=1S/C17H15ClF3NO2/c18-14-5-1-12(2-6-14)11-16(23)22-9-10-24-15-7-3-13(4-8-15)17(19,20)21/h1-8H,9-11H2,(H,22,23). The quantitative estimate of drug-likeness (QED) is 0.791. The Bertz CT molecular complexity index is 670. The lowest BCUT2D eigenvalue weighted by atomic mass is 10.1. The van der Waals surface area contributed by atoms with Crippen molar-refractivity contribution in [1.82, 2.24) is 5.32 Å². The Labute approximate surface area is 142 Å². The molecule has 0 spiro atoms. The fourth-order valence-corrected chi connectivity index (χ4v) is 2.08. The van der Waals surface area contributed by atoms with Crippen LogP contribution in [-0.2, 0) is 17.4 Å². The van der Waals surface area contributed by atoms with Gasteiger partial charge in [0.25, 0.3) is 0 Å². The van der Waals surface area contributed by atoms with E-state index in [0.717, 1.165) is 17.7 Å². The summed E-state index contributed by atoms with van der Waals surface area (Å²) in [7, 11) is 0. The average Bonchev–Trinajstić information content (AvgIpc) is 2.53. The topological polar surface area (TPSA) is 38.3 Å². The molecule has 3 nitrogen and oxygen atoms in total. The molecule has 0 saturated carbocycles. The van der Waals surface area contributed by atoms with Crippen LogP contribution >= 0.6 is 11.6 Å². The monoisotopic (exact) mass is 357 g/mol. The molecule has 2 aromatic rings. The molecule has 0 bridgehead atoms. The van der Waals surface area contributed by atoms with Gasteiger partial charge in [-0.15, -0.1) is 0 Å². The first kappa shape index (κ1) is 18.1. The van der Waals surface area contributed by atoms with Gasteiger partial charge >= 0.3 is 6.18 Å². The molecule has 0 saturated heterocycles. The van der Waals surface area contributed by atoms with Crippen molar-refractivity contribution in [2.24, 2.45) is 0 Å². The molecule has 0 fully saturated rings. The Morgan fingerprint density at radius 1 is 1.04 bits per heavy atom. The minimum Gasteiger partial charge on any atom is -0.492 e. The summed E-state index contributed by atoms with van der Waals surface area (Å²) in [5, 5.41) is 3.28. The lowest BCUT2D eigenvalue weighted by molar-refractivity contribution is -0.137. The normalized spacial score (nSPS) is 11.2. The summed E-state index contributed by atoms with van der Waals surface area (Å²) in [4.78, 5) is 11.7. The van der Waals surface area contributed by atoms with E-state index in [4.69, 9.17) is 16.3 Å². The molecule has 0 heterocycles. The van der Waals surface area contributed by atoms with E-state index in [1.165, 1.54) is 12.1 Å². The van der Waals surface area contributed by atoms with Gasteiger partial charge in [-0.05, 0) is 42.0 Å². The van der Waals surface area contributed by atoms with Crippen LogP contribution in [-0.4, -0.2) is 19.1 Å². The molecular weight excluding hydrogens is 343 g/mol. The number of alkyl halides is 3. The van der Waals surface area contributed by atoms with Crippen molar-refractivity contribution in [2.75, 3.05) is 13.2 Å². The first-order chi connectivity index (χ1) is 11.3. The van der Waals surface area contributed by atoms with Crippen LogP contribution in [0.15, 0.2) is 48.5 Å². The summed E-state index contributed by atoms with van der Waals surface area (Å²) >= 11 is 5.76. The second kappa shape index (κ2) is 8.06. The van der Waals surface area contributed by atoms with Crippen LogP contribution in [0.5, 0.6) is 5.75 Å². The lowest BCUT2D eigenvalue weighted by Crippen LogP contribution is -2.29. The minimum atomic E-state index is -4.37. The minimum absolute atomic E-state index is 0.164. The first-order valence-corrected chi connectivity index (χ1v) is 7.53. The zero-order valence-electron chi connectivity index (χ0n) is 12.6. The number of halogens is 4. The number of amides is 1. The Balaban J connectivity index is 1.70. The highest BCUT2D eigenvalue weighted by molar-refractivity contribution is 6.30. The molecule has 0 aliphatic rings. The van der Waals surface area contributed by atoms with Crippen molar-refractivity contribution >= 4 is 17.5 Å². The fourth-order valence-electron chi connectivity index (χ4n) is 1.95. The smallest absolute Gasteiger partial charge is 0.416 e. The van der Waals surface area contributed by atoms with Crippen LogP contribution in [0, 0.1) is 0 Å². The van der Waals surface area contributed by atoms with E-state index in [1.807, 2.05) is 0 Å². The van der Waals surface area contributed by atoms with E-state index >= 15 is 0 Å². The highest BCUT2D eigenvalue weighted by Gasteiger charge is 2.29. The van der Waals surface area contributed by atoms with Crippen LogP contribution in [0.4, 0.5) is 13.2 Å². The molecule has 0 unspecified atom stereocenters. The van der Waals surface area contributed by atoms with Crippen LogP contribution in [0.1, 0.15) is 11.1 Å². The fraction of sp³-hybridized carbons (Fsp3) is 0.235. The maximum Gasteiger partial charge on any atom is 0.416 e. The highest BCUT2D eigenvalue weighted by Crippen LogP contribution is 2.30. The van der Waals surface area contributed by atoms with Gasteiger partial charge in [-0.3, -0.25) is 4.79 Å². The van der Waals surface area contributed by atoms with Gasteiger partial charge in [0.15, 0.2) is 0 Å². The Hall–Kier alpha value is -2.21. The van der Waals surface area contributed by atoms with Gasteiger partial charge in [0.1, 0.15) is 12.4 Å². The summed E-state index contributed by atoms with van der Waals surface area (Å²) in [6.45, 7) is 0.422. The van der Waals surface area contributed by atoms with Gasteiger partial charge in [0.2, 0.25) is 5.91 Å².